The topological polar surface area (TPSA) is 60.8 Å². The SMILES string of the molecule is CC(C)[C@@](C)(C(=O)O)N1C[C@H](CO)[C@@H](c2cccc(F)c2)C1. The Morgan fingerprint density at radius 3 is 2.64 bits per heavy atom. The van der Waals surface area contributed by atoms with Crippen molar-refractivity contribution in [1.29, 1.82) is 0 Å². The van der Waals surface area contributed by atoms with Crippen LogP contribution in [0.4, 0.5) is 4.39 Å². The predicted molar refractivity (Wildman–Crippen MR) is 82.2 cm³/mol. The third kappa shape index (κ3) is 2.88. The number of carboxylic acids is 1. The average molecular weight is 309 g/mol. The third-order valence-electron chi connectivity index (χ3n) is 5.17. The van der Waals surface area contributed by atoms with E-state index in [1.54, 1.807) is 13.0 Å². The highest BCUT2D eigenvalue weighted by Crippen LogP contribution is 2.38. The Morgan fingerprint density at radius 1 is 1.45 bits per heavy atom. The van der Waals surface area contributed by atoms with Crippen LogP contribution in [-0.4, -0.2) is 46.3 Å². The lowest BCUT2D eigenvalue weighted by Crippen LogP contribution is -2.55. The second kappa shape index (κ2) is 6.34. The summed E-state index contributed by atoms with van der Waals surface area (Å²) in [6, 6.07) is 6.36. The summed E-state index contributed by atoms with van der Waals surface area (Å²) >= 11 is 0. The summed E-state index contributed by atoms with van der Waals surface area (Å²) in [5, 5.41) is 19.3. The standard InChI is InChI=1S/C17H24FNO3/c1-11(2)17(3,16(21)22)19-8-13(10-20)15(9-19)12-5-4-6-14(18)7-12/h4-7,11,13,15,20H,8-10H2,1-3H3,(H,21,22)/t13-,15-,17+/m1/s1. The van der Waals surface area contributed by atoms with E-state index in [1.807, 2.05) is 24.8 Å². The van der Waals surface area contributed by atoms with E-state index in [0.717, 1.165) is 5.56 Å². The van der Waals surface area contributed by atoms with Crippen molar-refractivity contribution in [3.05, 3.63) is 35.6 Å². The molecule has 1 fully saturated rings. The first kappa shape index (κ1) is 16.9. The zero-order chi connectivity index (χ0) is 16.5. The van der Waals surface area contributed by atoms with Gasteiger partial charge in [-0.2, -0.15) is 0 Å². The molecule has 0 bridgehead atoms. The second-order valence-electron chi connectivity index (χ2n) is 6.62. The van der Waals surface area contributed by atoms with Gasteiger partial charge in [0.1, 0.15) is 11.4 Å². The first-order chi connectivity index (χ1) is 10.3. The van der Waals surface area contributed by atoms with Gasteiger partial charge in [-0.15, -0.1) is 0 Å². The minimum Gasteiger partial charge on any atom is -0.480 e. The molecular weight excluding hydrogens is 285 g/mol. The Labute approximate surface area is 130 Å². The quantitative estimate of drug-likeness (QED) is 0.876. The molecular formula is C17H24FNO3. The number of hydrogen-bond donors (Lipinski definition) is 2. The van der Waals surface area contributed by atoms with Gasteiger partial charge < -0.3 is 10.2 Å². The van der Waals surface area contributed by atoms with Crippen molar-refractivity contribution >= 4 is 5.97 Å². The largest absolute Gasteiger partial charge is 0.480 e. The Kier molecular flexibility index (Phi) is 4.87. The van der Waals surface area contributed by atoms with Gasteiger partial charge in [0.2, 0.25) is 0 Å². The number of rotatable bonds is 5. The molecule has 0 unspecified atom stereocenters. The van der Waals surface area contributed by atoms with Crippen molar-refractivity contribution in [2.45, 2.75) is 32.2 Å². The lowest BCUT2D eigenvalue weighted by Gasteiger charge is -2.38. The van der Waals surface area contributed by atoms with Crippen LogP contribution in [0.2, 0.25) is 0 Å². The van der Waals surface area contributed by atoms with Crippen LogP contribution in [0.25, 0.3) is 0 Å². The van der Waals surface area contributed by atoms with Crippen LogP contribution < -0.4 is 0 Å². The van der Waals surface area contributed by atoms with Crippen LogP contribution in [-0.2, 0) is 4.79 Å². The summed E-state index contributed by atoms with van der Waals surface area (Å²) < 4.78 is 13.5. The molecule has 0 aliphatic carbocycles. The summed E-state index contributed by atoms with van der Waals surface area (Å²) in [4.78, 5) is 13.7. The molecule has 1 heterocycles. The van der Waals surface area contributed by atoms with Gasteiger partial charge in [-0.25, -0.2) is 4.39 Å². The van der Waals surface area contributed by atoms with Crippen LogP contribution in [0.3, 0.4) is 0 Å². The van der Waals surface area contributed by atoms with Crippen LogP contribution in [0.1, 0.15) is 32.3 Å². The van der Waals surface area contributed by atoms with Crippen molar-refractivity contribution in [3.8, 4) is 0 Å². The van der Waals surface area contributed by atoms with Gasteiger partial charge in [-0.1, -0.05) is 26.0 Å². The van der Waals surface area contributed by atoms with E-state index < -0.39 is 11.5 Å². The molecule has 1 aromatic carbocycles. The highest BCUT2D eigenvalue weighted by molar-refractivity contribution is 5.78. The number of halogens is 1. The second-order valence-corrected chi connectivity index (χ2v) is 6.62. The van der Waals surface area contributed by atoms with Gasteiger partial charge in [0, 0.05) is 31.5 Å². The molecule has 0 amide bonds. The Bertz CT molecular complexity index is 548. The van der Waals surface area contributed by atoms with E-state index in [-0.39, 0.29) is 30.2 Å². The Balaban J connectivity index is 2.31. The molecule has 0 aromatic heterocycles. The van der Waals surface area contributed by atoms with Gasteiger partial charge in [0.05, 0.1) is 0 Å². The Hall–Kier alpha value is -1.46. The number of hydrogen-bond acceptors (Lipinski definition) is 3. The third-order valence-corrected chi connectivity index (χ3v) is 5.17. The van der Waals surface area contributed by atoms with Crippen LogP contribution >= 0.6 is 0 Å². The Morgan fingerprint density at radius 2 is 2.14 bits per heavy atom. The van der Waals surface area contributed by atoms with Gasteiger partial charge in [0.15, 0.2) is 0 Å². The fourth-order valence-electron chi connectivity index (χ4n) is 3.30. The zero-order valence-electron chi connectivity index (χ0n) is 13.3. The maximum Gasteiger partial charge on any atom is 0.324 e. The summed E-state index contributed by atoms with van der Waals surface area (Å²) in [5.41, 5.74) is -0.173. The molecule has 122 valence electrons. The molecule has 2 rings (SSSR count). The number of aliphatic hydroxyl groups is 1. The number of aliphatic carboxylic acids is 1. The van der Waals surface area contributed by atoms with Gasteiger partial charge >= 0.3 is 5.97 Å². The number of aliphatic hydroxyl groups excluding tert-OH is 1. The molecule has 1 aliphatic heterocycles. The smallest absolute Gasteiger partial charge is 0.324 e. The fourth-order valence-corrected chi connectivity index (χ4v) is 3.30. The monoisotopic (exact) mass is 309 g/mol. The molecule has 1 aliphatic rings. The molecule has 0 spiro atoms. The minimum atomic E-state index is -0.991. The molecule has 3 atom stereocenters. The van der Waals surface area contributed by atoms with E-state index >= 15 is 0 Å². The van der Waals surface area contributed by atoms with E-state index in [1.165, 1.54) is 12.1 Å². The summed E-state index contributed by atoms with van der Waals surface area (Å²) in [6.07, 6.45) is 0. The first-order valence-electron chi connectivity index (χ1n) is 7.65. The number of nitrogens with zero attached hydrogens (tertiary/aromatic N) is 1. The van der Waals surface area contributed by atoms with E-state index in [2.05, 4.69) is 0 Å². The molecule has 5 heteroatoms. The first-order valence-corrected chi connectivity index (χ1v) is 7.65. The predicted octanol–water partition coefficient (Wildman–Crippen LogP) is 2.33. The maximum atomic E-state index is 13.5. The van der Waals surface area contributed by atoms with E-state index in [0.29, 0.717) is 13.1 Å². The maximum absolute atomic E-state index is 13.5. The normalized spacial score (nSPS) is 25.4. The summed E-state index contributed by atoms with van der Waals surface area (Å²) in [7, 11) is 0. The number of carboxylic acid groups (broad SMARTS) is 1. The van der Waals surface area contributed by atoms with Gasteiger partial charge in [-0.3, -0.25) is 9.69 Å². The van der Waals surface area contributed by atoms with Crippen LogP contribution in [0.5, 0.6) is 0 Å². The van der Waals surface area contributed by atoms with Gasteiger partial charge in [-0.05, 0) is 30.5 Å². The number of likely N-dealkylation sites (tertiary alicyclic amines) is 1. The molecule has 0 radical (unpaired) electrons. The molecule has 2 N–H and O–H groups in total. The van der Waals surface area contributed by atoms with Crippen LogP contribution in [0, 0.1) is 17.7 Å². The van der Waals surface area contributed by atoms with Gasteiger partial charge in [0.25, 0.3) is 0 Å². The molecule has 1 aromatic rings. The minimum absolute atomic E-state index is 0.0362. The highest BCUT2D eigenvalue weighted by Gasteiger charge is 2.48. The lowest BCUT2D eigenvalue weighted by molar-refractivity contribution is -0.153. The lowest BCUT2D eigenvalue weighted by atomic mass is 9.86. The van der Waals surface area contributed by atoms with Crippen molar-refractivity contribution in [2.24, 2.45) is 11.8 Å². The van der Waals surface area contributed by atoms with Crippen LogP contribution in [0.15, 0.2) is 24.3 Å². The average Bonchev–Trinajstić information content (AvgIpc) is 2.90. The van der Waals surface area contributed by atoms with Crippen molar-refractivity contribution < 1.29 is 19.4 Å². The zero-order valence-corrected chi connectivity index (χ0v) is 13.3. The molecule has 22 heavy (non-hydrogen) atoms. The van der Waals surface area contributed by atoms with Crippen molar-refractivity contribution in [1.82, 2.24) is 4.90 Å². The molecule has 1 saturated heterocycles. The highest BCUT2D eigenvalue weighted by atomic mass is 19.1. The van der Waals surface area contributed by atoms with E-state index in [9.17, 15) is 19.4 Å². The number of carbonyl (C=O) groups is 1. The summed E-state index contributed by atoms with van der Waals surface area (Å²) in [5.74, 6) is -1.38. The molecule has 0 saturated carbocycles. The fraction of sp³-hybridized carbons (Fsp3) is 0.588. The molecule has 4 nitrogen and oxygen atoms in total. The summed E-state index contributed by atoms with van der Waals surface area (Å²) in [6.45, 7) is 6.47. The van der Waals surface area contributed by atoms with E-state index in [4.69, 9.17) is 0 Å². The van der Waals surface area contributed by atoms with Crippen molar-refractivity contribution in [2.75, 3.05) is 19.7 Å². The van der Waals surface area contributed by atoms with Crippen molar-refractivity contribution in [3.63, 3.8) is 0 Å². The number of benzene rings is 1.